The fourth-order valence-corrected chi connectivity index (χ4v) is 3.67. The van der Waals surface area contributed by atoms with Crippen molar-refractivity contribution < 1.29 is 0 Å². The van der Waals surface area contributed by atoms with Crippen LogP contribution in [0.1, 0.15) is 24.4 Å². The van der Waals surface area contributed by atoms with Crippen LogP contribution in [-0.4, -0.2) is 24.3 Å². The first-order valence-corrected chi connectivity index (χ1v) is 8.24. The number of unbranched alkanes of at least 4 members (excludes halogenated alkanes) is 1. The van der Waals surface area contributed by atoms with Crippen molar-refractivity contribution in [2.24, 2.45) is 0 Å². The summed E-state index contributed by atoms with van der Waals surface area (Å²) in [4.78, 5) is 1.46. The van der Waals surface area contributed by atoms with Crippen molar-refractivity contribution in [1.82, 2.24) is 5.32 Å². The summed E-state index contributed by atoms with van der Waals surface area (Å²) in [5.74, 6) is 2.49. The van der Waals surface area contributed by atoms with Crippen molar-refractivity contribution in [2.45, 2.75) is 23.8 Å². The van der Waals surface area contributed by atoms with Gasteiger partial charge in [-0.25, -0.2) is 0 Å². The third-order valence-corrected chi connectivity index (χ3v) is 4.75. The van der Waals surface area contributed by atoms with Gasteiger partial charge in [-0.3, -0.25) is 0 Å². The van der Waals surface area contributed by atoms with Crippen molar-refractivity contribution in [3.63, 3.8) is 0 Å². The van der Waals surface area contributed by atoms with Gasteiger partial charge >= 0.3 is 0 Å². The minimum Gasteiger partial charge on any atom is -0.309 e. The molecule has 1 aromatic rings. The largest absolute Gasteiger partial charge is 0.309 e. The standard InChI is InChI=1S/C13H19NS2/c1-15-9-5-4-8-14-12-10-16-13-7-3-2-6-11(12)13/h2-3,6-7,12,14H,4-5,8-10H2,1H3. The summed E-state index contributed by atoms with van der Waals surface area (Å²) in [6, 6.07) is 9.35. The Bertz CT molecular complexity index is 327. The van der Waals surface area contributed by atoms with Crippen LogP contribution in [0.15, 0.2) is 29.2 Å². The molecule has 0 aromatic heterocycles. The van der Waals surface area contributed by atoms with E-state index in [9.17, 15) is 0 Å². The van der Waals surface area contributed by atoms with Gasteiger partial charge in [-0.05, 0) is 43.0 Å². The second-order valence-corrected chi connectivity index (χ2v) is 6.10. The van der Waals surface area contributed by atoms with Crippen molar-refractivity contribution >= 4 is 23.5 Å². The Morgan fingerprint density at radius 1 is 1.38 bits per heavy atom. The highest BCUT2D eigenvalue weighted by atomic mass is 32.2. The van der Waals surface area contributed by atoms with Gasteiger partial charge in [0.2, 0.25) is 0 Å². The van der Waals surface area contributed by atoms with Crippen molar-refractivity contribution in [2.75, 3.05) is 24.3 Å². The predicted molar refractivity (Wildman–Crippen MR) is 75.5 cm³/mol. The van der Waals surface area contributed by atoms with Gasteiger partial charge in [0.15, 0.2) is 0 Å². The Morgan fingerprint density at radius 2 is 2.25 bits per heavy atom. The number of benzene rings is 1. The summed E-state index contributed by atoms with van der Waals surface area (Å²) in [5, 5.41) is 3.67. The third-order valence-electron chi connectivity index (χ3n) is 2.87. The molecule has 1 N–H and O–H groups in total. The highest BCUT2D eigenvalue weighted by Gasteiger charge is 2.21. The molecule has 1 unspecified atom stereocenters. The number of hydrogen-bond donors (Lipinski definition) is 1. The maximum atomic E-state index is 3.67. The van der Waals surface area contributed by atoms with E-state index in [4.69, 9.17) is 0 Å². The molecule has 2 rings (SSSR count). The smallest absolute Gasteiger partial charge is 0.0426 e. The number of thioether (sulfide) groups is 2. The van der Waals surface area contributed by atoms with Gasteiger partial charge in [-0.15, -0.1) is 11.8 Å². The molecule has 0 saturated heterocycles. The topological polar surface area (TPSA) is 12.0 Å². The lowest BCUT2D eigenvalue weighted by atomic mass is 10.1. The Hall–Kier alpha value is -0.120. The first-order chi connectivity index (χ1) is 7.92. The summed E-state index contributed by atoms with van der Waals surface area (Å²) < 4.78 is 0. The van der Waals surface area contributed by atoms with Crippen LogP contribution in [0.25, 0.3) is 0 Å². The molecule has 16 heavy (non-hydrogen) atoms. The fraction of sp³-hybridized carbons (Fsp3) is 0.538. The minimum atomic E-state index is 0.579. The molecular weight excluding hydrogens is 234 g/mol. The molecule has 3 heteroatoms. The highest BCUT2D eigenvalue weighted by molar-refractivity contribution is 7.99. The summed E-state index contributed by atoms with van der Waals surface area (Å²) in [7, 11) is 0. The molecule has 1 aliphatic rings. The Labute approximate surface area is 107 Å². The molecule has 0 aliphatic carbocycles. The fourth-order valence-electron chi connectivity index (χ4n) is 1.98. The molecule has 1 atom stereocenters. The van der Waals surface area contributed by atoms with E-state index >= 15 is 0 Å². The second-order valence-electron chi connectivity index (χ2n) is 4.06. The monoisotopic (exact) mass is 253 g/mol. The average Bonchev–Trinajstić information content (AvgIpc) is 2.73. The first kappa shape index (κ1) is 12.3. The molecule has 0 bridgehead atoms. The van der Waals surface area contributed by atoms with Crippen LogP contribution in [-0.2, 0) is 0 Å². The van der Waals surface area contributed by atoms with E-state index in [1.54, 1.807) is 0 Å². The van der Waals surface area contributed by atoms with Gasteiger partial charge in [-0.1, -0.05) is 18.2 Å². The van der Waals surface area contributed by atoms with Crippen LogP contribution in [0.3, 0.4) is 0 Å². The molecule has 1 aliphatic heterocycles. The molecule has 1 heterocycles. The molecular formula is C13H19NS2. The molecule has 0 amide bonds. The lowest BCUT2D eigenvalue weighted by Crippen LogP contribution is -2.22. The van der Waals surface area contributed by atoms with E-state index in [-0.39, 0.29) is 0 Å². The number of nitrogens with one attached hydrogen (secondary N) is 1. The van der Waals surface area contributed by atoms with Crippen LogP contribution in [0, 0.1) is 0 Å². The van der Waals surface area contributed by atoms with Crippen LogP contribution < -0.4 is 5.32 Å². The SMILES string of the molecule is CSCCCCNC1CSc2ccccc21. The molecule has 0 saturated carbocycles. The normalized spacial score (nSPS) is 18.7. The van der Waals surface area contributed by atoms with E-state index < -0.39 is 0 Å². The molecule has 0 spiro atoms. The Kier molecular flexibility index (Phi) is 5.07. The lowest BCUT2D eigenvalue weighted by Gasteiger charge is -2.12. The van der Waals surface area contributed by atoms with Gasteiger partial charge < -0.3 is 5.32 Å². The third kappa shape index (κ3) is 3.19. The summed E-state index contributed by atoms with van der Waals surface area (Å²) in [6.45, 7) is 1.15. The zero-order valence-electron chi connectivity index (χ0n) is 9.74. The lowest BCUT2D eigenvalue weighted by molar-refractivity contribution is 0.563. The molecule has 1 aromatic carbocycles. The molecule has 88 valence electrons. The van der Waals surface area contributed by atoms with Gasteiger partial charge in [0, 0.05) is 16.7 Å². The summed E-state index contributed by atoms with van der Waals surface area (Å²) in [6.07, 6.45) is 4.80. The van der Waals surface area contributed by atoms with Crippen LogP contribution in [0.4, 0.5) is 0 Å². The van der Waals surface area contributed by atoms with Gasteiger partial charge in [0.05, 0.1) is 0 Å². The predicted octanol–water partition coefficient (Wildman–Crippen LogP) is 3.57. The molecule has 0 radical (unpaired) electrons. The number of rotatable bonds is 6. The molecule has 1 nitrogen and oxygen atoms in total. The average molecular weight is 253 g/mol. The first-order valence-electron chi connectivity index (χ1n) is 5.86. The number of hydrogen-bond acceptors (Lipinski definition) is 3. The van der Waals surface area contributed by atoms with Crippen LogP contribution >= 0.6 is 23.5 Å². The second kappa shape index (κ2) is 6.58. The minimum absolute atomic E-state index is 0.579. The van der Waals surface area contributed by atoms with E-state index in [2.05, 4.69) is 35.8 Å². The number of fused-ring (bicyclic) bond motifs is 1. The summed E-state index contributed by atoms with van der Waals surface area (Å²) in [5.41, 5.74) is 1.50. The quantitative estimate of drug-likeness (QED) is 0.779. The zero-order valence-corrected chi connectivity index (χ0v) is 11.4. The van der Waals surface area contributed by atoms with Gasteiger partial charge in [0.1, 0.15) is 0 Å². The van der Waals surface area contributed by atoms with Gasteiger partial charge in [0.25, 0.3) is 0 Å². The van der Waals surface area contributed by atoms with E-state index in [1.807, 2.05) is 23.5 Å². The van der Waals surface area contributed by atoms with E-state index in [1.165, 1.54) is 34.8 Å². The molecule has 0 fully saturated rings. The van der Waals surface area contributed by atoms with Crippen LogP contribution in [0.5, 0.6) is 0 Å². The van der Waals surface area contributed by atoms with Gasteiger partial charge in [-0.2, -0.15) is 11.8 Å². The Balaban J connectivity index is 1.76. The van der Waals surface area contributed by atoms with Crippen LogP contribution in [0.2, 0.25) is 0 Å². The highest BCUT2D eigenvalue weighted by Crippen LogP contribution is 2.37. The Morgan fingerprint density at radius 3 is 3.12 bits per heavy atom. The summed E-state index contributed by atoms with van der Waals surface area (Å²) >= 11 is 3.92. The maximum Gasteiger partial charge on any atom is 0.0426 e. The van der Waals surface area contributed by atoms with Crippen molar-refractivity contribution in [1.29, 1.82) is 0 Å². The van der Waals surface area contributed by atoms with Crippen molar-refractivity contribution in [3.05, 3.63) is 29.8 Å². The van der Waals surface area contributed by atoms with Crippen molar-refractivity contribution in [3.8, 4) is 0 Å². The maximum absolute atomic E-state index is 3.67. The zero-order chi connectivity index (χ0) is 11.2. The van der Waals surface area contributed by atoms with E-state index in [0.717, 1.165) is 6.54 Å². The van der Waals surface area contributed by atoms with E-state index in [0.29, 0.717) is 6.04 Å².